The van der Waals surface area contributed by atoms with Gasteiger partial charge in [0.1, 0.15) is 0 Å². The second-order valence-corrected chi connectivity index (χ2v) is 7.65. The average Bonchev–Trinajstić information content (AvgIpc) is 2.33. The van der Waals surface area contributed by atoms with E-state index in [1.165, 1.54) is 32.2 Å². The summed E-state index contributed by atoms with van der Waals surface area (Å²) in [5.41, 5.74) is 0.199. The number of unbranched alkanes of at least 4 members (excludes halogenated alkanes) is 1. The molecule has 1 heterocycles. The highest BCUT2D eigenvalue weighted by molar-refractivity contribution is 4.99. The van der Waals surface area contributed by atoms with Crippen LogP contribution in [0.25, 0.3) is 0 Å². The highest BCUT2D eigenvalue weighted by Gasteiger charge is 2.47. The number of hydroxylamine groups is 2. The summed E-state index contributed by atoms with van der Waals surface area (Å²) in [4.78, 5) is 8.65. The van der Waals surface area contributed by atoms with Crippen LogP contribution in [0, 0.1) is 0 Å². The fourth-order valence-corrected chi connectivity index (χ4v) is 3.64. The number of rotatable bonds is 7. The van der Waals surface area contributed by atoms with E-state index in [9.17, 15) is 0 Å². The molecule has 20 heavy (non-hydrogen) atoms. The van der Waals surface area contributed by atoms with Crippen molar-refractivity contribution in [3.8, 4) is 0 Å². The largest absolute Gasteiger partial charge is 0.303 e. The van der Waals surface area contributed by atoms with Crippen molar-refractivity contribution >= 4 is 0 Å². The lowest BCUT2D eigenvalue weighted by Crippen LogP contribution is -2.63. The van der Waals surface area contributed by atoms with Gasteiger partial charge in [-0.25, -0.2) is 0 Å². The van der Waals surface area contributed by atoms with Gasteiger partial charge in [-0.05, 0) is 67.0 Å². The lowest BCUT2D eigenvalue weighted by atomic mass is 9.78. The van der Waals surface area contributed by atoms with Crippen molar-refractivity contribution in [1.82, 2.24) is 9.96 Å². The first-order chi connectivity index (χ1) is 9.24. The highest BCUT2D eigenvalue weighted by Crippen LogP contribution is 2.40. The summed E-state index contributed by atoms with van der Waals surface area (Å²) in [6, 6.07) is 0.660. The minimum atomic E-state index is 0.0993. The molecule has 0 unspecified atom stereocenters. The molecule has 0 N–H and O–H groups in total. The first-order valence-electron chi connectivity index (χ1n) is 8.38. The minimum absolute atomic E-state index is 0.0993. The van der Waals surface area contributed by atoms with Crippen molar-refractivity contribution in [1.29, 1.82) is 0 Å². The molecule has 1 aliphatic heterocycles. The standard InChI is InChI=1S/C17H36N2O/c1-8-10-11-18(7)15-13-16(3,4)19(20-12-9-2)17(5,6)14-15/h15H,8-14H2,1-7H3. The fraction of sp³-hybridized carbons (Fsp3) is 1.00. The van der Waals surface area contributed by atoms with Crippen molar-refractivity contribution in [3.63, 3.8) is 0 Å². The third kappa shape index (κ3) is 4.44. The molecule has 1 aliphatic rings. The molecule has 1 rings (SSSR count). The molecule has 3 nitrogen and oxygen atoms in total. The molecule has 0 aromatic heterocycles. The average molecular weight is 284 g/mol. The van der Waals surface area contributed by atoms with Crippen LogP contribution in [0.1, 0.15) is 73.6 Å². The van der Waals surface area contributed by atoms with Crippen LogP contribution in [0.5, 0.6) is 0 Å². The Balaban J connectivity index is 2.75. The molecule has 0 bridgehead atoms. The van der Waals surface area contributed by atoms with Crippen LogP contribution in [0.2, 0.25) is 0 Å². The molecule has 0 atom stereocenters. The van der Waals surface area contributed by atoms with Crippen LogP contribution in [0.4, 0.5) is 0 Å². The van der Waals surface area contributed by atoms with Gasteiger partial charge in [0.25, 0.3) is 0 Å². The van der Waals surface area contributed by atoms with E-state index in [0.29, 0.717) is 6.04 Å². The lowest BCUT2D eigenvalue weighted by molar-refractivity contribution is -0.287. The van der Waals surface area contributed by atoms with Crippen LogP contribution in [0.15, 0.2) is 0 Å². The van der Waals surface area contributed by atoms with Gasteiger partial charge in [-0.1, -0.05) is 20.3 Å². The van der Waals surface area contributed by atoms with Crippen LogP contribution in [0.3, 0.4) is 0 Å². The van der Waals surface area contributed by atoms with E-state index < -0.39 is 0 Å². The molecule has 0 spiro atoms. The Hall–Kier alpha value is -0.120. The number of hydrogen-bond acceptors (Lipinski definition) is 3. The van der Waals surface area contributed by atoms with E-state index in [0.717, 1.165) is 13.0 Å². The SMILES string of the molecule is CCCCN(C)C1CC(C)(C)N(OCCC)C(C)(C)C1. The van der Waals surface area contributed by atoms with Crippen molar-refractivity contribution in [2.45, 2.75) is 90.8 Å². The summed E-state index contributed by atoms with van der Waals surface area (Å²) in [6.07, 6.45) is 6.00. The van der Waals surface area contributed by atoms with Gasteiger partial charge in [-0.3, -0.25) is 4.84 Å². The Kier molecular flexibility index (Phi) is 6.49. The second-order valence-electron chi connectivity index (χ2n) is 7.65. The molecule has 0 aliphatic carbocycles. The second kappa shape index (κ2) is 7.24. The molecule has 120 valence electrons. The van der Waals surface area contributed by atoms with Crippen LogP contribution >= 0.6 is 0 Å². The Bertz CT molecular complexity index is 271. The molecule has 0 aromatic rings. The third-order valence-electron chi connectivity index (χ3n) is 4.48. The molecule has 3 heteroatoms. The van der Waals surface area contributed by atoms with Gasteiger partial charge in [0.15, 0.2) is 0 Å². The number of hydrogen-bond donors (Lipinski definition) is 0. The summed E-state index contributed by atoms with van der Waals surface area (Å²) in [6.45, 7) is 15.8. The lowest BCUT2D eigenvalue weighted by Gasteiger charge is -2.55. The van der Waals surface area contributed by atoms with E-state index in [1.807, 2.05) is 0 Å². The predicted molar refractivity (Wildman–Crippen MR) is 86.8 cm³/mol. The zero-order valence-corrected chi connectivity index (χ0v) is 14.8. The number of nitrogens with zero attached hydrogens (tertiary/aromatic N) is 2. The van der Waals surface area contributed by atoms with Gasteiger partial charge in [-0.2, -0.15) is 5.06 Å². The highest BCUT2D eigenvalue weighted by atomic mass is 16.7. The van der Waals surface area contributed by atoms with E-state index in [-0.39, 0.29) is 11.1 Å². The molecular formula is C17H36N2O. The van der Waals surface area contributed by atoms with E-state index in [2.05, 4.69) is 58.6 Å². The molecular weight excluding hydrogens is 248 g/mol. The monoisotopic (exact) mass is 284 g/mol. The molecule has 1 saturated heterocycles. The Morgan fingerprint density at radius 2 is 1.60 bits per heavy atom. The molecule has 0 radical (unpaired) electrons. The maximum Gasteiger partial charge on any atom is 0.0683 e. The molecule has 0 aromatic carbocycles. The number of piperidine rings is 1. The van der Waals surface area contributed by atoms with Gasteiger partial charge in [-0.15, -0.1) is 0 Å². The van der Waals surface area contributed by atoms with Gasteiger partial charge >= 0.3 is 0 Å². The van der Waals surface area contributed by atoms with Gasteiger partial charge < -0.3 is 4.90 Å². The van der Waals surface area contributed by atoms with Gasteiger partial charge in [0.2, 0.25) is 0 Å². The van der Waals surface area contributed by atoms with E-state index >= 15 is 0 Å². The summed E-state index contributed by atoms with van der Waals surface area (Å²) < 4.78 is 0. The summed E-state index contributed by atoms with van der Waals surface area (Å²) >= 11 is 0. The Morgan fingerprint density at radius 1 is 1.05 bits per heavy atom. The maximum absolute atomic E-state index is 6.09. The minimum Gasteiger partial charge on any atom is -0.303 e. The van der Waals surface area contributed by atoms with E-state index in [1.54, 1.807) is 0 Å². The first kappa shape index (κ1) is 17.9. The topological polar surface area (TPSA) is 15.7 Å². The fourth-order valence-electron chi connectivity index (χ4n) is 3.64. The molecule has 0 saturated carbocycles. The molecule has 1 fully saturated rings. The van der Waals surface area contributed by atoms with Gasteiger partial charge in [0.05, 0.1) is 6.61 Å². The zero-order chi connectivity index (χ0) is 15.4. The van der Waals surface area contributed by atoms with Crippen molar-refractivity contribution < 1.29 is 4.84 Å². The van der Waals surface area contributed by atoms with Crippen molar-refractivity contribution in [2.75, 3.05) is 20.2 Å². The summed E-state index contributed by atoms with van der Waals surface area (Å²) in [5, 5.41) is 2.27. The third-order valence-corrected chi connectivity index (χ3v) is 4.48. The smallest absolute Gasteiger partial charge is 0.0683 e. The van der Waals surface area contributed by atoms with Crippen LogP contribution in [-0.4, -0.2) is 47.3 Å². The Morgan fingerprint density at radius 3 is 2.05 bits per heavy atom. The van der Waals surface area contributed by atoms with Crippen LogP contribution < -0.4 is 0 Å². The quantitative estimate of drug-likeness (QED) is 0.700. The van der Waals surface area contributed by atoms with Crippen molar-refractivity contribution in [3.05, 3.63) is 0 Å². The normalized spacial score (nSPS) is 23.4. The summed E-state index contributed by atoms with van der Waals surface area (Å²) in [7, 11) is 2.29. The Labute approximate surface area is 126 Å². The summed E-state index contributed by atoms with van der Waals surface area (Å²) in [5.74, 6) is 0. The van der Waals surface area contributed by atoms with Crippen molar-refractivity contribution in [2.24, 2.45) is 0 Å². The predicted octanol–water partition coefficient (Wildman–Crippen LogP) is 4.08. The molecule has 0 amide bonds. The van der Waals surface area contributed by atoms with Crippen LogP contribution in [-0.2, 0) is 4.84 Å². The van der Waals surface area contributed by atoms with Gasteiger partial charge in [0, 0.05) is 17.1 Å². The van der Waals surface area contributed by atoms with E-state index in [4.69, 9.17) is 4.84 Å². The first-order valence-corrected chi connectivity index (χ1v) is 8.38. The maximum atomic E-state index is 6.09. The zero-order valence-electron chi connectivity index (χ0n) is 14.8.